The molecular weight excluding hydrogens is 290 g/mol. The van der Waals surface area contributed by atoms with E-state index in [4.69, 9.17) is 0 Å². The van der Waals surface area contributed by atoms with Crippen molar-refractivity contribution < 1.29 is 9.90 Å². The molecule has 0 aliphatic rings. The molecule has 0 radical (unpaired) electrons. The highest BCUT2D eigenvalue weighted by Crippen LogP contribution is 2.26. The monoisotopic (exact) mass is 309 g/mol. The van der Waals surface area contributed by atoms with E-state index < -0.39 is 5.41 Å². The van der Waals surface area contributed by atoms with Gasteiger partial charge < -0.3 is 10.1 Å². The van der Waals surface area contributed by atoms with Crippen molar-refractivity contribution in [1.29, 1.82) is 0 Å². The summed E-state index contributed by atoms with van der Waals surface area (Å²) in [5.41, 5.74) is 2.74. The molecule has 23 heavy (non-hydrogen) atoms. The number of phenols is 1. The highest BCUT2D eigenvalue weighted by atomic mass is 16.3. The SMILES string of the molecule is CC(C)(C)C(=O)c1c[nH]c2ncc(Cc3ccccc3O)nc12. The number of phenolic OH excluding ortho intramolecular Hbond substituents is 1. The van der Waals surface area contributed by atoms with Gasteiger partial charge in [0.1, 0.15) is 11.3 Å². The zero-order valence-corrected chi connectivity index (χ0v) is 13.4. The molecule has 0 saturated heterocycles. The first kappa shape index (κ1) is 15.2. The molecule has 3 rings (SSSR count). The number of fused-ring (bicyclic) bond motifs is 1. The average molecular weight is 309 g/mol. The molecule has 0 saturated carbocycles. The first-order valence-electron chi connectivity index (χ1n) is 7.51. The van der Waals surface area contributed by atoms with E-state index in [0.29, 0.717) is 28.8 Å². The summed E-state index contributed by atoms with van der Waals surface area (Å²) in [4.78, 5) is 24.5. The Balaban J connectivity index is 2.01. The number of hydrogen-bond acceptors (Lipinski definition) is 4. The van der Waals surface area contributed by atoms with Crippen molar-refractivity contribution in [3.8, 4) is 5.75 Å². The molecule has 2 heterocycles. The maximum atomic E-state index is 12.5. The third-order valence-electron chi connectivity index (χ3n) is 3.72. The fourth-order valence-corrected chi connectivity index (χ4v) is 2.45. The van der Waals surface area contributed by atoms with Crippen molar-refractivity contribution in [3.05, 3.63) is 53.5 Å². The Kier molecular flexibility index (Phi) is 3.64. The predicted molar refractivity (Wildman–Crippen MR) is 88.6 cm³/mol. The smallest absolute Gasteiger partial charge is 0.171 e. The molecule has 0 aliphatic carbocycles. The molecule has 1 aromatic carbocycles. The van der Waals surface area contributed by atoms with Crippen molar-refractivity contribution in [1.82, 2.24) is 15.0 Å². The topological polar surface area (TPSA) is 78.9 Å². The van der Waals surface area contributed by atoms with Gasteiger partial charge in [0.15, 0.2) is 11.4 Å². The van der Waals surface area contributed by atoms with Crippen LogP contribution in [0.4, 0.5) is 0 Å². The van der Waals surface area contributed by atoms with E-state index in [0.717, 1.165) is 5.56 Å². The van der Waals surface area contributed by atoms with E-state index in [2.05, 4.69) is 15.0 Å². The van der Waals surface area contributed by atoms with Gasteiger partial charge in [0.2, 0.25) is 0 Å². The molecular formula is C18H19N3O2. The number of ketones is 1. The summed E-state index contributed by atoms with van der Waals surface area (Å²) < 4.78 is 0. The van der Waals surface area contributed by atoms with E-state index in [-0.39, 0.29) is 11.5 Å². The molecule has 0 atom stereocenters. The van der Waals surface area contributed by atoms with Crippen molar-refractivity contribution in [2.45, 2.75) is 27.2 Å². The second kappa shape index (κ2) is 5.50. The molecule has 0 amide bonds. The minimum Gasteiger partial charge on any atom is -0.508 e. The largest absolute Gasteiger partial charge is 0.508 e. The number of hydrogen-bond donors (Lipinski definition) is 2. The highest BCUT2D eigenvalue weighted by molar-refractivity contribution is 6.08. The number of nitrogens with zero attached hydrogens (tertiary/aromatic N) is 2. The van der Waals surface area contributed by atoms with Gasteiger partial charge in [-0.05, 0) is 11.6 Å². The van der Waals surface area contributed by atoms with Crippen LogP contribution in [0.5, 0.6) is 5.75 Å². The van der Waals surface area contributed by atoms with Gasteiger partial charge in [-0.2, -0.15) is 0 Å². The van der Waals surface area contributed by atoms with Crippen LogP contribution in [0.3, 0.4) is 0 Å². The number of carbonyl (C=O) groups is 1. The minimum absolute atomic E-state index is 0.0257. The number of nitrogens with one attached hydrogen (secondary N) is 1. The summed E-state index contributed by atoms with van der Waals surface area (Å²) in [6, 6.07) is 7.14. The van der Waals surface area contributed by atoms with Crippen molar-refractivity contribution in [3.63, 3.8) is 0 Å². The number of para-hydroxylation sites is 1. The Morgan fingerprint density at radius 1 is 1.26 bits per heavy atom. The maximum Gasteiger partial charge on any atom is 0.171 e. The number of benzene rings is 1. The number of rotatable bonds is 3. The molecule has 3 aromatic rings. The fraction of sp³-hybridized carbons (Fsp3) is 0.278. The van der Waals surface area contributed by atoms with E-state index in [1.807, 2.05) is 32.9 Å². The summed E-state index contributed by atoms with van der Waals surface area (Å²) in [6.07, 6.45) is 3.79. The van der Waals surface area contributed by atoms with E-state index >= 15 is 0 Å². The van der Waals surface area contributed by atoms with Crippen LogP contribution >= 0.6 is 0 Å². The average Bonchev–Trinajstić information content (AvgIpc) is 2.91. The molecule has 0 spiro atoms. The summed E-state index contributed by atoms with van der Waals surface area (Å²) in [5.74, 6) is 0.257. The predicted octanol–water partition coefficient (Wildman–Crippen LogP) is 3.48. The minimum atomic E-state index is -0.482. The lowest BCUT2D eigenvalue weighted by atomic mass is 9.87. The number of Topliss-reactive ketones (excluding diaryl/α,β-unsaturated/α-hetero) is 1. The van der Waals surface area contributed by atoms with Gasteiger partial charge >= 0.3 is 0 Å². The zero-order chi connectivity index (χ0) is 16.6. The highest BCUT2D eigenvalue weighted by Gasteiger charge is 2.26. The van der Waals surface area contributed by atoms with Gasteiger partial charge in [0.05, 0.1) is 17.5 Å². The van der Waals surface area contributed by atoms with Crippen LogP contribution in [0.25, 0.3) is 11.2 Å². The number of aromatic amines is 1. The number of aromatic nitrogens is 3. The Morgan fingerprint density at radius 2 is 2.00 bits per heavy atom. The van der Waals surface area contributed by atoms with E-state index in [1.54, 1.807) is 24.5 Å². The first-order valence-corrected chi connectivity index (χ1v) is 7.51. The Morgan fingerprint density at radius 3 is 2.70 bits per heavy atom. The van der Waals surface area contributed by atoms with Gasteiger partial charge in [0.25, 0.3) is 0 Å². The van der Waals surface area contributed by atoms with Crippen LogP contribution in [0.2, 0.25) is 0 Å². The number of H-pyrrole nitrogens is 1. The summed E-state index contributed by atoms with van der Waals surface area (Å²) in [7, 11) is 0. The zero-order valence-electron chi connectivity index (χ0n) is 13.4. The van der Waals surface area contributed by atoms with Crippen molar-refractivity contribution in [2.24, 2.45) is 5.41 Å². The number of aromatic hydroxyl groups is 1. The lowest BCUT2D eigenvalue weighted by molar-refractivity contribution is 0.0860. The lowest BCUT2D eigenvalue weighted by Crippen LogP contribution is -2.20. The van der Waals surface area contributed by atoms with Gasteiger partial charge in [-0.1, -0.05) is 39.0 Å². The molecule has 5 heteroatoms. The van der Waals surface area contributed by atoms with Gasteiger partial charge in [0, 0.05) is 18.0 Å². The first-order chi connectivity index (χ1) is 10.9. The molecule has 0 aliphatic heterocycles. The molecule has 0 unspecified atom stereocenters. The molecule has 2 aromatic heterocycles. The van der Waals surface area contributed by atoms with Crippen LogP contribution in [0.1, 0.15) is 42.4 Å². The Hall–Kier alpha value is -2.69. The van der Waals surface area contributed by atoms with E-state index in [9.17, 15) is 9.90 Å². The number of carbonyl (C=O) groups excluding carboxylic acids is 1. The van der Waals surface area contributed by atoms with Crippen LogP contribution in [0.15, 0.2) is 36.7 Å². The summed E-state index contributed by atoms with van der Waals surface area (Å²) in [5, 5.41) is 9.89. The second-order valence-electron chi connectivity index (χ2n) is 6.65. The normalized spacial score (nSPS) is 11.8. The van der Waals surface area contributed by atoms with Crippen molar-refractivity contribution in [2.75, 3.05) is 0 Å². The van der Waals surface area contributed by atoms with Gasteiger partial charge in [-0.25, -0.2) is 9.97 Å². The standard InChI is InChI=1S/C18H19N3O2/c1-18(2,3)16(23)13-10-20-17-15(13)21-12(9-19-17)8-11-6-4-5-7-14(11)22/h4-7,9-10,22H,8H2,1-3H3,(H,19,20). The second-order valence-corrected chi connectivity index (χ2v) is 6.65. The molecule has 0 fully saturated rings. The van der Waals surface area contributed by atoms with Gasteiger partial charge in [-0.3, -0.25) is 4.79 Å². The third-order valence-corrected chi connectivity index (χ3v) is 3.72. The van der Waals surface area contributed by atoms with Gasteiger partial charge in [-0.15, -0.1) is 0 Å². The van der Waals surface area contributed by atoms with Crippen molar-refractivity contribution >= 4 is 16.9 Å². The van der Waals surface area contributed by atoms with Crippen LogP contribution in [-0.2, 0) is 6.42 Å². The van der Waals surface area contributed by atoms with Crippen LogP contribution < -0.4 is 0 Å². The lowest BCUT2D eigenvalue weighted by Gasteiger charge is -2.15. The summed E-state index contributed by atoms with van der Waals surface area (Å²) >= 11 is 0. The quantitative estimate of drug-likeness (QED) is 0.726. The fourth-order valence-electron chi connectivity index (χ4n) is 2.45. The van der Waals surface area contributed by atoms with E-state index in [1.165, 1.54) is 0 Å². The third kappa shape index (κ3) is 2.95. The molecule has 5 nitrogen and oxygen atoms in total. The molecule has 0 bridgehead atoms. The maximum absolute atomic E-state index is 12.5. The summed E-state index contributed by atoms with van der Waals surface area (Å²) in [6.45, 7) is 5.65. The Bertz CT molecular complexity index is 875. The van der Waals surface area contributed by atoms with Crippen LogP contribution in [-0.4, -0.2) is 25.8 Å². The molecule has 118 valence electrons. The Labute approximate surface area is 134 Å². The molecule has 2 N–H and O–H groups in total. The van der Waals surface area contributed by atoms with Crippen LogP contribution in [0, 0.1) is 5.41 Å².